The Balaban J connectivity index is 3.94. The molecule has 0 aromatic rings. The summed E-state index contributed by atoms with van der Waals surface area (Å²) in [5, 5.41) is 0. The summed E-state index contributed by atoms with van der Waals surface area (Å²) in [6.07, 6.45) is 0.172. The molecule has 4 heteroatoms. The van der Waals surface area contributed by atoms with E-state index < -0.39 is 17.4 Å². The molecule has 0 bridgehead atoms. The maximum atomic E-state index is 11.1. The molecule has 0 fully saturated rings. The third-order valence-corrected chi connectivity index (χ3v) is 1.36. The molecule has 0 amide bonds. The Morgan fingerprint density at radius 1 is 1.33 bits per heavy atom. The van der Waals surface area contributed by atoms with Crippen molar-refractivity contribution in [2.24, 2.45) is 5.41 Å². The summed E-state index contributed by atoms with van der Waals surface area (Å²) in [5.74, 6) is -0.602. The van der Waals surface area contributed by atoms with E-state index in [4.69, 9.17) is 0 Å². The van der Waals surface area contributed by atoms with Gasteiger partial charge in [0.25, 0.3) is 0 Å². The number of ether oxygens (including phenoxy) is 1. The molecule has 0 aliphatic carbocycles. The predicted molar refractivity (Wildman–Crippen MR) is 49.0 cm³/mol. The lowest BCUT2D eigenvalue weighted by Gasteiger charge is -2.14. The van der Waals surface area contributed by atoms with Crippen molar-refractivity contribution in [1.29, 1.82) is 0 Å². The molecule has 0 radical (unpaired) electrons. The van der Waals surface area contributed by atoms with Crippen molar-refractivity contribution >= 4 is 24.6 Å². The van der Waals surface area contributed by atoms with E-state index in [1.54, 1.807) is 20.8 Å². The summed E-state index contributed by atoms with van der Waals surface area (Å²) in [6.45, 7) is 5.09. The molecule has 0 rings (SSSR count). The molecule has 0 heterocycles. The highest BCUT2D eigenvalue weighted by atomic mass is 32.1. The van der Waals surface area contributed by atoms with E-state index in [2.05, 4.69) is 17.4 Å². The summed E-state index contributed by atoms with van der Waals surface area (Å²) in [4.78, 5) is 21.9. The number of rotatable bonds is 2. The number of carbonyl (C=O) groups excluding carboxylic acids is 2. The predicted octanol–water partition coefficient (Wildman–Crippen LogP) is 1.42. The molecule has 0 saturated heterocycles. The van der Waals surface area contributed by atoms with Crippen LogP contribution in [0.2, 0.25) is 0 Å². The molecule has 0 unspecified atom stereocenters. The van der Waals surface area contributed by atoms with Gasteiger partial charge in [-0.15, -0.1) is 0 Å². The standard InChI is InChI=1S/C8H14O3S/c1-8(2,3)7(10)11-6(9)4-5-12/h12H,4-5H2,1-3H3. The lowest BCUT2D eigenvalue weighted by atomic mass is 9.97. The first kappa shape index (κ1) is 11.5. The topological polar surface area (TPSA) is 43.4 Å². The number of hydrogen-bond acceptors (Lipinski definition) is 4. The Labute approximate surface area is 77.9 Å². The molecule has 0 atom stereocenters. The molecular formula is C8H14O3S. The summed E-state index contributed by atoms with van der Waals surface area (Å²) in [6, 6.07) is 0. The van der Waals surface area contributed by atoms with Crippen LogP contribution in [0.15, 0.2) is 0 Å². The molecule has 70 valence electrons. The molecule has 0 N–H and O–H groups in total. The van der Waals surface area contributed by atoms with E-state index in [9.17, 15) is 9.59 Å². The zero-order chi connectivity index (χ0) is 9.78. The van der Waals surface area contributed by atoms with E-state index in [-0.39, 0.29) is 6.42 Å². The van der Waals surface area contributed by atoms with Crippen molar-refractivity contribution in [3.05, 3.63) is 0 Å². The Morgan fingerprint density at radius 3 is 2.17 bits per heavy atom. The molecule has 0 aliphatic heterocycles. The lowest BCUT2D eigenvalue weighted by Crippen LogP contribution is -2.25. The van der Waals surface area contributed by atoms with Crippen molar-refractivity contribution in [3.63, 3.8) is 0 Å². The van der Waals surface area contributed by atoms with Gasteiger partial charge in [-0.2, -0.15) is 12.6 Å². The van der Waals surface area contributed by atoms with Gasteiger partial charge in [-0.25, -0.2) is 0 Å². The summed E-state index contributed by atoms with van der Waals surface area (Å²) >= 11 is 3.84. The minimum atomic E-state index is -0.619. The highest BCUT2D eigenvalue weighted by Gasteiger charge is 2.25. The second-order valence-corrected chi connectivity index (χ2v) is 3.93. The number of esters is 2. The van der Waals surface area contributed by atoms with Gasteiger partial charge in [0.2, 0.25) is 0 Å². The molecule has 0 aromatic heterocycles. The molecule has 0 aliphatic rings. The third kappa shape index (κ3) is 4.38. The second kappa shape index (κ2) is 4.50. The fraction of sp³-hybridized carbons (Fsp3) is 0.750. The Kier molecular flexibility index (Phi) is 4.31. The first-order chi connectivity index (χ1) is 5.38. The van der Waals surface area contributed by atoms with Crippen LogP contribution < -0.4 is 0 Å². The van der Waals surface area contributed by atoms with Crippen molar-refractivity contribution in [2.75, 3.05) is 5.75 Å². The summed E-state index contributed by atoms with van der Waals surface area (Å²) in [7, 11) is 0. The maximum Gasteiger partial charge on any atom is 0.318 e. The van der Waals surface area contributed by atoms with Gasteiger partial charge in [0.15, 0.2) is 0 Å². The number of thiol groups is 1. The maximum absolute atomic E-state index is 11.1. The van der Waals surface area contributed by atoms with Gasteiger partial charge in [-0.05, 0) is 20.8 Å². The SMILES string of the molecule is CC(C)(C)C(=O)OC(=O)CCS. The van der Waals surface area contributed by atoms with Gasteiger partial charge < -0.3 is 4.74 Å². The van der Waals surface area contributed by atoms with Crippen molar-refractivity contribution in [2.45, 2.75) is 27.2 Å². The molecular weight excluding hydrogens is 176 g/mol. The Bertz CT molecular complexity index is 181. The van der Waals surface area contributed by atoms with Crippen LogP contribution in [0.25, 0.3) is 0 Å². The van der Waals surface area contributed by atoms with E-state index in [0.717, 1.165) is 0 Å². The van der Waals surface area contributed by atoms with Crippen LogP contribution in [0.4, 0.5) is 0 Å². The zero-order valence-electron chi connectivity index (χ0n) is 7.59. The van der Waals surface area contributed by atoms with Crippen LogP contribution in [-0.2, 0) is 14.3 Å². The van der Waals surface area contributed by atoms with Gasteiger partial charge in [-0.1, -0.05) is 0 Å². The lowest BCUT2D eigenvalue weighted by molar-refractivity contribution is -0.165. The van der Waals surface area contributed by atoms with E-state index >= 15 is 0 Å². The molecule has 0 spiro atoms. The average Bonchev–Trinajstić information content (AvgIpc) is 1.85. The minimum absolute atomic E-state index is 0.172. The largest absolute Gasteiger partial charge is 0.393 e. The first-order valence-corrected chi connectivity index (χ1v) is 4.37. The Morgan fingerprint density at radius 2 is 1.83 bits per heavy atom. The fourth-order valence-electron chi connectivity index (χ4n) is 0.399. The van der Waals surface area contributed by atoms with Crippen LogP contribution in [0.3, 0.4) is 0 Å². The van der Waals surface area contributed by atoms with Gasteiger partial charge in [0.05, 0.1) is 11.8 Å². The minimum Gasteiger partial charge on any atom is -0.393 e. The van der Waals surface area contributed by atoms with Crippen LogP contribution in [0.5, 0.6) is 0 Å². The zero-order valence-corrected chi connectivity index (χ0v) is 8.48. The Hall–Kier alpha value is -0.510. The quantitative estimate of drug-likeness (QED) is 0.407. The summed E-state index contributed by atoms with van der Waals surface area (Å²) < 4.78 is 4.53. The number of carbonyl (C=O) groups is 2. The third-order valence-electron chi connectivity index (χ3n) is 1.13. The van der Waals surface area contributed by atoms with Gasteiger partial charge >= 0.3 is 11.9 Å². The fourth-order valence-corrected chi connectivity index (χ4v) is 0.581. The molecule has 12 heavy (non-hydrogen) atoms. The summed E-state index contributed by atoms with van der Waals surface area (Å²) in [5.41, 5.74) is -0.619. The van der Waals surface area contributed by atoms with Crippen LogP contribution in [-0.4, -0.2) is 17.7 Å². The highest BCUT2D eigenvalue weighted by molar-refractivity contribution is 7.80. The van der Waals surface area contributed by atoms with Crippen molar-refractivity contribution < 1.29 is 14.3 Å². The van der Waals surface area contributed by atoms with Crippen LogP contribution in [0, 0.1) is 5.41 Å². The van der Waals surface area contributed by atoms with E-state index in [0.29, 0.717) is 5.75 Å². The first-order valence-electron chi connectivity index (χ1n) is 3.74. The second-order valence-electron chi connectivity index (χ2n) is 3.49. The molecule has 0 aromatic carbocycles. The van der Waals surface area contributed by atoms with Crippen LogP contribution in [0.1, 0.15) is 27.2 Å². The van der Waals surface area contributed by atoms with Gasteiger partial charge in [0.1, 0.15) is 0 Å². The molecule has 3 nitrogen and oxygen atoms in total. The highest BCUT2D eigenvalue weighted by Crippen LogP contribution is 2.15. The molecule has 0 saturated carbocycles. The smallest absolute Gasteiger partial charge is 0.318 e. The van der Waals surface area contributed by atoms with Crippen LogP contribution >= 0.6 is 12.6 Å². The monoisotopic (exact) mass is 190 g/mol. The van der Waals surface area contributed by atoms with Gasteiger partial charge in [-0.3, -0.25) is 9.59 Å². The van der Waals surface area contributed by atoms with Crippen molar-refractivity contribution in [1.82, 2.24) is 0 Å². The number of hydrogen-bond donors (Lipinski definition) is 1. The average molecular weight is 190 g/mol. The van der Waals surface area contributed by atoms with E-state index in [1.807, 2.05) is 0 Å². The normalized spacial score (nSPS) is 11.0. The van der Waals surface area contributed by atoms with E-state index in [1.165, 1.54) is 0 Å². The van der Waals surface area contributed by atoms with Crippen molar-refractivity contribution in [3.8, 4) is 0 Å². The van der Waals surface area contributed by atoms with Gasteiger partial charge in [0, 0.05) is 5.75 Å².